The van der Waals surface area contributed by atoms with E-state index in [1.807, 2.05) is 15.8 Å². The molecule has 4 atom stereocenters. The lowest BCUT2D eigenvalue weighted by Crippen LogP contribution is -2.34. The highest BCUT2D eigenvalue weighted by Gasteiger charge is 2.61. The first-order chi connectivity index (χ1) is 13.8. The van der Waals surface area contributed by atoms with Crippen LogP contribution in [-0.4, -0.2) is 44.0 Å². The first-order valence-electron chi connectivity index (χ1n) is 10.8. The molecule has 1 N–H and O–H groups in total. The van der Waals surface area contributed by atoms with E-state index in [9.17, 15) is 9.90 Å². The van der Waals surface area contributed by atoms with Crippen molar-refractivity contribution in [1.29, 1.82) is 0 Å². The lowest BCUT2D eigenvalue weighted by Gasteiger charge is -2.27. The molecule has 5 rings (SSSR count). The zero-order valence-corrected chi connectivity index (χ0v) is 17.5. The maximum absolute atomic E-state index is 13.4. The summed E-state index contributed by atoms with van der Waals surface area (Å²) in [7, 11) is 0. The molecule has 1 spiro atoms. The number of aryl methyl sites for hydroxylation is 1. The van der Waals surface area contributed by atoms with Gasteiger partial charge in [-0.05, 0) is 56.6 Å². The van der Waals surface area contributed by atoms with Crippen LogP contribution in [0.25, 0.3) is 0 Å². The van der Waals surface area contributed by atoms with Crippen LogP contribution < -0.4 is 0 Å². The summed E-state index contributed by atoms with van der Waals surface area (Å²) in [6.45, 7) is 7.02. The maximum atomic E-state index is 13.4. The van der Waals surface area contributed by atoms with Crippen LogP contribution in [-0.2, 0) is 22.2 Å². The van der Waals surface area contributed by atoms with Gasteiger partial charge < -0.3 is 10.0 Å². The predicted octanol–water partition coefficient (Wildman–Crippen LogP) is 2.82. The number of hydrogen-bond acceptors (Lipinski definition) is 4. The van der Waals surface area contributed by atoms with Crippen molar-refractivity contribution in [3.05, 3.63) is 47.3 Å². The standard InChI is InChI=1S/C23H30N4O2/c1-15-12-26(13-19(15)27-14-20(24-25-27)22(2,3)29)21(28)18-11-23(18)10-6-8-16-7-4-5-9-17(16)23/h4-5,7,9,14-15,18-19,29H,6,8,10-13H2,1-3H3/t15-,18+,19-,23+/m1/s1. The molecule has 1 aromatic carbocycles. The highest BCUT2D eigenvalue weighted by atomic mass is 16.3. The molecule has 1 aliphatic heterocycles. The number of fused-ring (bicyclic) bond motifs is 2. The molecule has 2 heterocycles. The zero-order valence-electron chi connectivity index (χ0n) is 17.5. The SMILES string of the molecule is C[C@@H]1CN(C(=O)[C@@H]2C[C@]23CCCc2ccccc23)C[C@H]1n1cc(C(C)(C)O)nn1. The Labute approximate surface area is 171 Å². The van der Waals surface area contributed by atoms with Crippen LogP contribution in [0.5, 0.6) is 0 Å². The molecular formula is C23H30N4O2. The number of nitrogens with zero attached hydrogens (tertiary/aromatic N) is 4. The number of aromatic nitrogens is 3. The van der Waals surface area contributed by atoms with Gasteiger partial charge in [0.25, 0.3) is 0 Å². The van der Waals surface area contributed by atoms with Gasteiger partial charge in [-0.3, -0.25) is 4.79 Å². The second kappa shape index (κ2) is 6.39. The van der Waals surface area contributed by atoms with Gasteiger partial charge in [0.15, 0.2) is 0 Å². The van der Waals surface area contributed by atoms with Gasteiger partial charge in [0.1, 0.15) is 11.3 Å². The molecule has 1 saturated carbocycles. The average Bonchev–Trinajstić information content (AvgIpc) is 3.04. The molecule has 0 bridgehead atoms. The van der Waals surface area contributed by atoms with Gasteiger partial charge >= 0.3 is 0 Å². The van der Waals surface area contributed by atoms with E-state index in [2.05, 4.69) is 41.5 Å². The molecule has 3 aliphatic rings. The van der Waals surface area contributed by atoms with Gasteiger partial charge in [-0.15, -0.1) is 5.10 Å². The lowest BCUT2D eigenvalue weighted by molar-refractivity contribution is -0.132. The van der Waals surface area contributed by atoms with Crippen LogP contribution in [0.15, 0.2) is 30.5 Å². The van der Waals surface area contributed by atoms with Gasteiger partial charge in [-0.1, -0.05) is 36.4 Å². The van der Waals surface area contributed by atoms with Gasteiger partial charge in [0, 0.05) is 24.4 Å². The Morgan fingerprint density at radius 2 is 2.07 bits per heavy atom. The normalized spacial score (nSPS) is 31.2. The Balaban J connectivity index is 1.32. The number of rotatable bonds is 3. The monoisotopic (exact) mass is 394 g/mol. The minimum Gasteiger partial charge on any atom is -0.384 e. The molecule has 6 heteroatoms. The van der Waals surface area contributed by atoms with Crippen LogP contribution in [0.2, 0.25) is 0 Å². The summed E-state index contributed by atoms with van der Waals surface area (Å²) in [5.74, 6) is 0.736. The largest absolute Gasteiger partial charge is 0.384 e. The smallest absolute Gasteiger partial charge is 0.226 e. The summed E-state index contributed by atoms with van der Waals surface area (Å²) in [5, 5.41) is 18.6. The molecule has 2 aromatic rings. The maximum Gasteiger partial charge on any atom is 0.226 e. The number of hydrogen-bond donors (Lipinski definition) is 1. The third-order valence-corrected chi connectivity index (χ3v) is 7.36. The first-order valence-corrected chi connectivity index (χ1v) is 10.8. The number of aliphatic hydroxyl groups is 1. The van der Waals surface area contributed by atoms with Crippen molar-refractivity contribution in [3.63, 3.8) is 0 Å². The van der Waals surface area contributed by atoms with Crippen molar-refractivity contribution < 1.29 is 9.90 Å². The van der Waals surface area contributed by atoms with E-state index < -0.39 is 5.60 Å². The summed E-state index contributed by atoms with van der Waals surface area (Å²) in [6.07, 6.45) is 6.26. The van der Waals surface area contributed by atoms with Gasteiger partial charge in [0.05, 0.1) is 12.2 Å². The number of likely N-dealkylation sites (tertiary alicyclic amines) is 1. The summed E-state index contributed by atoms with van der Waals surface area (Å²) >= 11 is 0. The minimum atomic E-state index is -1.01. The van der Waals surface area contributed by atoms with Crippen LogP contribution in [0, 0.1) is 11.8 Å². The van der Waals surface area contributed by atoms with Gasteiger partial charge in [-0.2, -0.15) is 0 Å². The fourth-order valence-corrected chi connectivity index (χ4v) is 5.57. The third-order valence-electron chi connectivity index (χ3n) is 7.36. The Morgan fingerprint density at radius 1 is 1.28 bits per heavy atom. The van der Waals surface area contributed by atoms with Crippen molar-refractivity contribution in [1.82, 2.24) is 19.9 Å². The second-order valence-corrected chi connectivity index (χ2v) is 9.85. The highest BCUT2D eigenvalue weighted by molar-refractivity contribution is 5.85. The molecule has 1 aromatic heterocycles. The summed E-state index contributed by atoms with van der Waals surface area (Å²) < 4.78 is 1.84. The minimum absolute atomic E-state index is 0.0780. The molecule has 6 nitrogen and oxygen atoms in total. The Bertz CT molecular complexity index is 946. The van der Waals surface area contributed by atoms with Crippen LogP contribution >= 0.6 is 0 Å². The molecule has 1 amide bonds. The average molecular weight is 395 g/mol. The molecule has 1 saturated heterocycles. The summed E-state index contributed by atoms with van der Waals surface area (Å²) in [4.78, 5) is 15.5. The number of benzene rings is 1. The topological polar surface area (TPSA) is 71.2 Å². The van der Waals surface area contributed by atoms with E-state index in [1.165, 1.54) is 17.5 Å². The van der Waals surface area contributed by atoms with E-state index in [1.54, 1.807) is 13.8 Å². The summed E-state index contributed by atoms with van der Waals surface area (Å²) in [5.41, 5.74) is 2.48. The van der Waals surface area contributed by atoms with Crippen LogP contribution in [0.4, 0.5) is 0 Å². The molecule has 0 radical (unpaired) electrons. The first kappa shape index (κ1) is 18.8. The van der Waals surface area contributed by atoms with E-state index in [-0.39, 0.29) is 17.4 Å². The quantitative estimate of drug-likeness (QED) is 0.869. The van der Waals surface area contributed by atoms with E-state index >= 15 is 0 Å². The van der Waals surface area contributed by atoms with Crippen molar-refractivity contribution in [3.8, 4) is 0 Å². The van der Waals surface area contributed by atoms with E-state index in [0.29, 0.717) is 24.1 Å². The van der Waals surface area contributed by atoms with Crippen LogP contribution in [0.1, 0.15) is 62.9 Å². The molecule has 2 aliphatic carbocycles. The third kappa shape index (κ3) is 3.00. The highest BCUT2D eigenvalue weighted by Crippen LogP contribution is 2.61. The lowest BCUT2D eigenvalue weighted by atomic mass is 9.78. The fraction of sp³-hybridized carbons (Fsp3) is 0.609. The van der Waals surface area contributed by atoms with Crippen molar-refractivity contribution in [2.75, 3.05) is 13.1 Å². The van der Waals surface area contributed by atoms with Crippen molar-refractivity contribution in [2.24, 2.45) is 11.8 Å². The Morgan fingerprint density at radius 3 is 2.83 bits per heavy atom. The predicted molar refractivity (Wildman–Crippen MR) is 109 cm³/mol. The van der Waals surface area contributed by atoms with Gasteiger partial charge in [-0.25, -0.2) is 4.68 Å². The van der Waals surface area contributed by atoms with Crippen LogP contribution in [0.3, 0.4) is 0 Å². The molecule has 154 valence electrons. The summed E-state index contributed by atoms with van der Waals surface area (Å²) in [6, 6.07) is 8.81. The number of carbonyl (C=O) groups excluding carboxylic acids is 1. The molecule has 2 fully saturated rings. The van der Waals surface area contributed by atoms with Gasteiger partial charge in [0.2, 0.25) is 5.91 Å². The number of amides is 1. The zero-order chi connectivity index (χ0) is 20.4. The Kier molecular flexibility index (Phi) is 4.14. The molecule has 0 unspecified atom stereocenters. The Hall–Kier alpha value is -2.21. The van der Waals surface area contributed by atoms with E-state index in [4.69, 9.17) is 0 Å². The molecule has 29 heavy (non-hydrogen) atoms. The van der Waals surface area contributed by atoms with Crippen molar-refractivity contribution >= 4 is 5.91 Å². The molecular weight excluding hydrogens is 364 g/mol. The fourth-order valence-electron chi connectivity index (χ4n) is 5.57. The number of carbonyl (C=O) groups is 1. The second-order valence-electron chi connectivity index (χ2n) is 9.85. The van der Waals surface area contributed by atoms with E-state index in [0.717, 1.165) is 25.8 Å². The van der Waals surface area contributed by atoms with Crippen molar-refractivity contribution in [2.45, 2.75) is 63.5 Å².